The molecule has 3 fully saturated rings. The summed E-state index contributed by atoms with van der Waals surface area (Å²) in [6.45, 7) is 1.80. The third kappa shape index (κ3) is 43.2. The Morgan fingerprint density at radius 1 is 0.347 bits per heavy atom. The smallest absolute Gasteiger partial charge is 0.220 e. The topological polar surface area (TPSA) is 307 Å². The summed E-state index contributed by atoms with van der Waals surface area (Å²) in [5, 5.41) is 121. The minimum Gasteiger partial charge on any atom is -0.394 e. The molecule has 0 spiro atoms. The van der Waals surface area contributed by atoms with Gasteiger partial charge in [0.15, 0.2) is 18.9 Å². The summed E-state index contributed by atoms with van der Waals surface area (Å²) in [6, 6.07) is -0.974. The van der Waals surface area contributed by atoms with Gasteiger partial charge < -0.3 is 89.9 Å². The van der Waals surface area contributed by atoms with E-state index in [1.165, 1.54) is 289 Å². The van der Waals surface area contributed by atoms with Crippen molar-refractivity contribution in [1.29, 1.82) is 0 Å². The molecule has 3 aliphatic rings. The van der Waals surface area contributed by atoms with Crippen LogP contribution in [-0.2, 0) is 33.2 Å². The van der Waals surface area contributed by atoms with E-state index in [1.807, 2.05) is 6.08 Å². The van der Waals surface area contributed by atoms with Crippen LogP contribution in [0.15, 0.2) is 24.3 Å². The average molecular weight is 1440 g/mol. The maximum absolute atomic E-state index is 13.5. The summed E-state index contributed by atoms with van der Waals surface area (Å²) in [7, 11) is 0. The minimum absolute atomic E-state index is 0.245. The molecule has 0 aliphatic carbocycles. The highest BCUT2D eigenvalue weighted by molar-refractivity contribution is 5.76. The molecule has 19 nitrogen and oxygen atoms in total. The highest BCUT2D eigenvalue weighted by Crippen LogP contribution is 2.33. The molecule has 0 bridgehead atoms. The third-order valence-electron chi connectivity index (χ3n) is 21.2. The Morgan fingerprint density at radius 3 is 0.960 bits per heavy atom. The normalized spacial score (nSPS) is 26.4. The molecule has 596 valence electrons. The Hall–Kier alpha value is -1.73. The predicted molar refractivity (Wildman–Crippen MR) is 402 cm³/mol. The van der Waals surface area contributed by atoms with Crippen molar-refractivity contribution >= 4 is 5.91 Å². The fraction of sp³-hybridized carbons (Fsp3) is 0.939. The maximum atomic E-state index is 13.5. The molecule has 0 aromatic heterocycles. The van der Waals surface area contributed by atoms with Crippen molar-refractivity contribution in [3.63, 3.8) is 0 Å². The van der Waals surface area contributed by atoms with Crippen LogP contribution in [0.25, 0.3) is 0 Å². The lowest BCUT2D eigenvalue weighted by Gasteiger charge is -2.48. The van der Waals surface area contributed by atoms with Gasteiger partial charge in [-0.1, -0.05) is 334 Å². The fourth-order valence-corrected chi connectivity index (χ4v) is 14.5. The van der Waals surface area contributed by atoms with Gasteiger partial charge >= 0.3 is 0 Å². The number of allylic oxidation sites excluding steroid dienone is 3. The number of rotatable bonds is 68. The number of hydrogen-bond acceptors (Lipinski definition) is 18. The lowest BCUT2D eigenvalue weighted by molar-refractivity contribution is -0.379. The first-order valence-corrected chi connectivity index (χ1v) is 42.1. The summed E-state index contributed by atoms with van der Waals surface area (Å²) < 4.78 is 34.5. The average Bonchev–Trinajstić information content (AvgIpc) is 0.782. The Balaban J connectivity index is 1.35. The predicted octanol–water partition coefficient (Wildman–Crippen LogP) is 14.5. The molecule has 12 N–H and O–H groups in total. The molecule has 3 rings (SSSR count). The van der Waals surface area contributed by atoms with E-state index in [1.54, 1.807) is 6.08 Å². The molecule has 1 amide bonds. The van der Waals surface area contributed by atoms with Gasteiger partial charge in [-0.3, -0.25) is 4.79 Å². The van der Waals surface area contributed by atoms with Gasteiger partial charge in [0.1, 0.15) is 73.2 Å². The Morgan fingerprint density at radius 2 is 0.624 bits per heavy atom. The van der Waals surface area contributed by atoms with Crippen LogP contribution in [0, 0.1) is 0 Å². The van der Waals surface area contributed by atoms with Crippen LogP contribution in [0.5, 0.6) is 0 Å². The van der Waals surface area contributed by atoms with Crippen molar-refractivity contribution in [2.45, 2.75) is 465 Å². The molecular weight excluding hydrogens is 1290 g/mol. The molecule has 101 heavy (non-hydrogen) atoms. The van der Waals surface area contributed by atoms with Crippen LogP contribution < -0.4 is 5.32 Å². The molecule has 17 unspecified atom stereocenters. The van der Waals surface area contributed by atoms with Gasteiger partial charge in [-0.25, -0.2) is 0 Å². The van der Waals surface area contributed by atoms with Crippen LogP contribution in [0.2, 0.25) is 0 Å². The summed E-state index contributed by atoms with van der Waals surface area (Å²) in [5.74, 6) is -0.270. The highest BCUT2D eigenvalue weighted by atomic mass is 16.8. The Labute approximate surface area is 613 Å². The largest absolute Gasteiger partial charge is 0.394 e. The zero-order valence-electron chi connectivity index (χ0n) is 63.9. The van der Waals surface area contributed by atoms with Crippen LogP contribution in [0.4, 0.5) is 0 Å². The van der Waals surface area contributed by atoms with E-state index in [2.05, 4.69) is 31.3 Å². The molecule has 3 aliphatic heterocycles. The van der Waals surface area contributed by atoms with Crippen molar-refractivity contribution in [2.24, 2.45) is 0 Å². The van der Waals surface area contributed by atoms with Gasteiger partial charge in [0.2, 0.25) is 5.91 Å². The first kappa shape index (κ1) is 93.5. The van der Waals surface area contributed by atoms with Gasteiger partial charge in [-0.05, 0) is 44.9 Å². The number of nitrogens with one attached hydrogen (secondary N) is 1. The number of hydrogen-bond donors (Lipinski definition) is 12. The van der Waals surface area contributed by atoms with Crippen molar-refractivity contribution < 1.29 is 89.4 Å². The molecule has 0 saturated carbocycles. The lowest BCUT2D eigenvalue weighted by atomic mass is 9.96. The van der Waals surface area contributed by atoms with E-state index in [9.17, 15) is 61.0 Å². The van der Waals surface area contributed by atoms with Crippen LogP contribution in [0.1, 0.15) is 361 Å². The van der Waals surface area contributed by atoms with Gasteiger partial charge in [0, 0.05) is 6.42 Å². The second-order valence-corrected chi connectivity index (χ2v) is 30.3. The summed E-state index contributed by atoms with van der Waals surface area (Å²) in [6.07, 6.45) is 50.3. The summed E-state index contributed by atoms with van der Waals surface area (Å²) in [5.41, 5.74) is 0. The lowest BCUT2D eigenvalue weighted by Crippen LogP contribution is -2.66. The van der Waals surface area contributed by atoms with E-state index < -0.39 is 124 Å². The summed E-state index contributed by atoms with van der Waals surface area (Å²) >= 11 is 0. The van der Waals surface area contributed by atoms with Gasteiger partial charge in [-0.15, -0.1) is 0 Å². The molecule has 3 heterocycles. The minimum atomic E-state index is -1.98. The third-order valence-corrected chi connectivity index (χ3v) is 21.2. The molecule has 3 saturated heterocycles. The van der Waals surface area contributed by atoms with E-state index in [4.69, 9.17) is 28.4 Å². The van der Waals surface area contributed by atoms with Crippen molar-refractivity contribution in [2.75, 3.05) is 26.4 Å². The van der Waals surface area contributed by atoms with Crippen LogP contribution in [-0.4, -0.2) is 193 Å². The zero-order chi connectivity index (χ0) is 73.2. The number of aliphatic hydroxyl groups is 11. The highest BCUT2D eigenvalue weighted by Gasteiger charge is 2.54. The van der Waals surface area contributed by atoms with Crippen molar-refractivity contribution in [3.05, 3.63) is 24.3 Å². The number of unbranched alkanes of at least 4 members (excludes halogenated alkanes) is 50. The van der Waals surface area contributed by atoms with Crippen LogP contribution in [0.3, 0.4) is 0 Å². The second-order valence-electron chi connectivity index (χ2n) is 30.3. The summed E-state index contributed by atoms with van der Waals surface area (Å²) in [4.78, 5) is 13.5. The molecule has 19 heteroatoms. The van der Waals surface area contributed by atoms with Gasteiger partial charge in [0.05, 0.1) is 38.6 Å². The van der Waals surface area contributed by atoms with Gasteiger partial charge in [-0.2, -0.15) is 0 Å². The number of carbonyl (C=O) groups excluding carboxylic acids is 1. The first-order chi connectivity index (χ1) is 49.3. The quantitative estimate of drug-likeness (QED) is 0.0199. The number of ether oxygens (including phenoxy) is 6. The number of amides is 1. The fourth-order valence-electron chi connectivity index (χ4n) is 14.5. The van der Waals surface area contributed by atoms with E-state index in [-0.39, 0.29) is 18.9 Å². The standard InChI is InChI=1S/C82H155NO18/c1-3-5-7-9-11-13-15-17-19-21-23-25-27-28-29-30-31-32-33-34-35-36-38-39-41-43-45-47-49-51-53-55-57-59-66(87)65(83-70(88)60-58-56-54-52-50-48-46-44-42-40-37-26-24-22-20-18-16-14-12-10-8-6-4-2)64-96-80-76(94)73(91)78(68(62-85)98-80)101-82-77(95)74(92)79(69(63-86)99-82)100-81-75(93)72(90)71(89)67(61-84)97-81/h22,24,57,59,65-69,71-82,84-87,89-95H,3-21,23,25-56,58,60-64H2,1-2H3,(H,83,88)/b24-22-,59-57+. The monoisotopic (exact) mass is 1440 g/mol. The molecule has 17 atom stereocenters. The molecule has 0 aromatic carbocycles. The Bertz CT molecular complexity index is 1920. The number of carbonyl (C=O) groups is 1. The van der Waals surface area contributed by atoms with Crippen LogP contribution >= 0.6 is 0 Å². The molecule has 0 aromatic rings. The van der Waals surface area contributed by atoms with Crippen molar-refractivity contribution in [1.82, 2.24) is 5.32 Å². The van der Waals surface area contributed by atoms with E-state index >= 15 is 0 Å². The molecular formula is C82H155NO18. The first-order valence-electron chi connectivity index (χ1n) is 42.1. The maximum Gasteiger partial charge on any atom is 0.220 e. The SMILES string of the molecule is CCCCCCCCCC/C=C\CCCCCCCCCCCCCC(=O)NC(COC1OC(CO)C(OC2OC(CO)C(OC3OC(CO)C(O)C(O)C3O)C(O)C2O)C(O)C1O)C(O)/C=C/CCCCCCCCCCCCCCCCCCCCCCCCCCCCCCCCC. The zero-order valence-corrected chi connectivity index (χ0v) is 63.9. The van der Waals surface area contributed by atoms with E-state index in [0.29, 0.717) is 6.42 Å². The van der Waals surface area contributed by atoms with Crippen molar-refractivity contribution in [3.8, 4) is 0 Å². The van der Waals surface area contributed by atoms with Gasteiger partial charge in [0.25, 0.3) is 0 Å². The Kier molecular flexibility index (Phi) is 58.5. The number of aliphatic hydroxyl groups excluding tert-OH is 11. The van der Waals surface area contributed by atoms with E-state index in [0.717, 1.165) is 44.9 Å². The second kappa shape index (κ2) is 63.2. The molecule has 0 radical (unpaired) electrons.